The van der Waals surface area contributed by atoms with Gasteiger partial charge >= 0.3 is 5.97 Å². The SMILES string of the molecule is BCCCCC(N)(C(=O)O)C1CCN(c2ncc(Cl)cc2Cl)CC1. The molecule has 24 heavy (non-hydrogen) atoms. The van der Waals surface area contributed by atoms with Gasteiger partial charge in [-0.25, -0.2) is 4.98 Å². The van der Waals surface area contributed by atoms with E-state index in [0.29, 0.717) is 35.4 Å². The molecule has 0 spiro atoms. The van der Waals surface area contributed by atoms with Crippen LogP contribution in [0, 0.1) is 5.92 Å². The largest absolute Gasteiger partial charge is 0.480 e. The van der Waals surface area contributed by atoms with E-state index >= 15 is 0 Å². The molecule has 1 fully saturated rings. The minimum atomic E-state index is -1.14. The van der Waals surface area contributed by atoms with E-state index in [1.807, 2.05) is 0 Å². The summed E-state index contributed by atoms with van der Waals surface area (Å²) in [5.74, 6) is -0.225. The Hall–Kier alpha value is -0.975. The van der Waals surface area contributed by atoms with E-state index in [1.54, 1.807) is 12.3 Å². The average molecular weight is 372 g/mol. The molecule has 1 aliphatic rings. The van der Waals surface area contributed by atoms with Crippen molar-refractivity contribution in [3.05, 3.63) is 22.3 Å². The second-order valence-electron chi connectivity index (χ2n) is 6.52. The molecular weight excluding hydrogens is 348 g/mol. The third-order valence-electron chi connectivity index (χ3n) is 4.90. The van der Waals surface area contributed by atoms with Crippen LogP contribution in [-0.4, -0.2) is 42.5 Å². The van der Waals surface area contributed by atoms with Crippen molar-refractivity contribution in [1.29, 1.82) is 0 Å². The Kier molecular flexibility index (Phi) is 6.78. The van der Waals surface area contributed by atoms with Gasteiger partial charge in [-0.05, 0) is 31.2 Å². The van der Waals surface area contributed by atoms with Crippen molar-refractivity contribution >= 4 is 42.8 Å². The smallest absolute Gasteiger partial charge is 0.323 e. The number of nitrogens with zero attached hydrogens (tertiary/aromatic N) is 2. The van der Waals surface area contributed by atoms with E-state index in [9.17, 15) is 9.90 Å². The van der Waals surface area contributed by atoms with Crippen LogP contribution in [0.4, 0.5) is 5.82 Å². The van der Waals surface area contributed by atoms with Crippen molar-refractivity contribution in [2.75, 3.05) is 18.0 Å². The van der Waals surface area contributed by atoms with Crippen LogP contribution >= 0.6 is 23.2 Å². The molecule has 0 amide bonds. The van der Waals surface area contributed by atoms with Crippen molar-refractivity contribution in [2.24, 2.45) is 11.7 Å². The molecule has 1 aromatic heterocycles. The van der Waals surface area contributed by atoms with Crippen molar-refractivity contribution in [1.82, 2.24) is 4.98 Å². The monoisotopic (exact) mass is 371 g/mol. The molecule has 0 aliphatic carbocycles. The van der Waals surface area contributed by atoms with E-state index < -0.39 is 11.5 Å². The lowest BCUT2D eigenvalue weighted by molar-refractivity contribution is -0.146. The number of carboxylic acids is 1. The lowest BCUT2D eigenvalue weighted by Crippen LogP contribution is -2.57. The van der Waals surface area contributed by atoms with Gasteiger partial charge in [-0.2, -0.15) is 0 Å². The van der Waals surface area contributed by atoms with Gasteiger partial charge in [0.05, 0.1) is 10.0 Å². The van der Waals surface area contributed by atoms with Gasteiger partial charge in [-0.15, -0.1) is 0 Å². The summed E-state index contributed by atoms with van der Waals surface area (Å²) in [4.78, 5) is 18.1. The van der Waals surface area contributed by atoms with Crippen LogP contribution in [0.25, 0.3) is 0 Å². The van der Waals surface area contributed by atoms with Crippen LogP contribution in [0.15, 0.2) is 12.3 Å². The quantitative estimate of drug-likeness (QED) is 0.568. The van der Waals surface area contributed by atoms with Crippen LogP contribution in [-0.2, 0) is 4.79 Å². The molecule has 5 nitrogen and oxygen atoms in total. The van der Waals surface area contributed by atoms with Gasteiger partial charge in [0.25, 0.3) is 0 Å². The van der Waals surface area contributed by atoms with Crippen LogP contribution in [0.1, 0.15) is 32.1 Å². The van der Waals surface area contributed by atoms with Gasteiger partial charge in [0, 0.05) is 19.3 Å². The number of unbranched alkanes of at least 4 members (excludes halogenated alkanes) is 1. The molecule has 1 aromatic rings. The predicted molar refractivity (Wildman–Crippen MR) is 101 cm³/mol. The first-order chi connectivity index (χ1) is 11.4. The highest BCUT2D eigenvalue weighted by Crippen LogP contribution is 2.34. The molecule has 0 saturated carbocycles. The van der Waals surface area contributed by atoms with Gasteiger partial charge in [0.1, 0.15) is 19.2 Å². The number of anilines is 1. The van der Waals surface area contributed by atoms with Gasteiger partial charge in [0.15, 0.2) is 0 Å². The lowest BCUT2D eigenvalue weighted by Gasteiger charge is -2.40. The number of carbonyl (C=O) groups is 1. The number of piperidine rings is 1. The second-order valence-corrected chi connectivity index (χ2v) is 7.37. The van der Waals surface area contributed by atoms with Crippen LogP contribution < -0.4 is 10.6 Å². The number of nitrogens with two attached hydrogens (primary N) is 1. The number of rotatable bonds is 7. The third-order valence-corrected chi connectivity index (χ3v) is 5.39. The Balaban J connectivity index is 2.03. The van der Waals surface area contributed by atoms with Gasteiger partial charge in [-0.1, -0.05) is 42.4 Å². The molecule has 132 valence electrons. The fourth-order valence-electron chi connectivity index (χ4n) is 3.40. The zero-order valence-electron chi connectivity index (χ0n) is 14.0. The first kappa shape index (κ1) is 19.4. The Morgan fingerprint density at radius 2 is 2.08 bits per heavy atom. The molecule has 2 rings (SSSR count). The minimum Gasteiger partial charge on any atom is -0.480 e. The van der Waals surface area contributed by atoms with E-state index in [0.717, 1.165) is 32.0 Å². The first-order valence-corrected chi connectivity index (χ1v) is 9.22. The average Bonchev–Trinajstić information content (AvgIpc) is 2.55. The molecular formula is C16H24BCl2N3O2. The molecule has 1 atom stereocenters. The van der Waals surface area contributed by atoms with Crippen molar-refractivity contribution in [2.45, 2.75) is 44.0 Å². The Morgan fingerprint density at radius 1 is 1.42 bits per heavy atom. The van der Waals surface area contributed by atoms with Gasteiger partial charge in [-0.3, -0.25) is 4.79 Å². The summed E-state index contributed by atoms with van der Waals surface area (Å²) in [5.41, 5.74) is 5.17. The van der Waals surface area contributed by atoms with E-state index in [1.165, 1.54) is 0 Å². The summed E-state index contributed by atoms with van der Waals surface area (Å²) in [6.07, 6.45) is 6.45. The zero-order valence-corrected chi connectivity index (χ0v) is 15.5. The highest BCUT2D eigenvalue weighted by atomic mass is 35.5. The maximum absolute atomic E-state index is 11.8. The molecule has 0 aromatic carbocycles. The number of pyridine rings is 1. The molecule has 0 bridgehead atoms. The highest BCUT2D eigenvalue weighted by molar-refractivity contribution is 6.36. The third kappa shape index (κ3) is 4.35. The zero-order chi connectivity index (χ0) is 17.7. The molecule has 1 aliphatic heterocycles. The molecule has 8 heteroatoms. The van der Waals surface area contributed by atoms with Crippen molar-refractivity contribution < 1.29 is 9.90 Å². The second kappa shape index (κ2) is 8.41. The number of hydrogen-bond donors (Lipinski definition) is 2. The summed E-state index contributed by atoms with van der Waals surface area (Å²) in [6, 6.07) is 1.67. The summed E-state index contributed by atoms with van der Waals surface area (Å²) in [6.45, 7) is 1.39. The van der Waals surface area contributed by atoms with Crippen LogP contribution in [0.5, 0.6) is 0 Å². The van der Waals surface area contributed by atoms with Crippen molar-refractivity contribution in [3.8, 4) is 0 Å². The topological polar surface area (TPSA) is 79.5 Å². The number of carboxylic acid groups (broad SMARTS) is 1. The predicted octanol–water partition coefficient (Wildman–Crippen LogP) is 2.61. The van der Waals surface area contributed by atoms with E-state index in [-0.39, 0.29) is 5.92 Å². The summed E-state index contributed by atoms with van der Waals surface area (Å²) in [5, 5.41) is 10.7. The summed E-state index contributed by atoms with van der Waals surface area (Å²) < 4.78 is 0. The molecule has 1 saturated heterocycles. The summed E-state index contributed by atoms with van der Waals surface area (Å²) in [7, 11) is 2.10. The molecule has 0 radical (unpaired) electrons. The Morgan fingerprint density at radius 3 is 2.62 bits per heavy atom. The van der Waals surface area contributed by atoms with E-state index in [2.05, 4.69) is 17.7 Å². The summed E-state index contributed by atoms with van der Waals surface area (Å²) >= 11 is 12.1. The normalized spacial score (nSPS) is 18.4. The number of aromatic nitrogens is 1. The van der Waals surface area contributed by atoms with Gasteiger partial charge in [0.2, 0.25) is 0 Å². The van der Waals surface area contributed by atoms with Gasteiger partial charge < -0.3 is 15.7 Å². The first-order valence-electron chi connectivity index (χ1n) is 8.46. The fourth-order valence-corrected chi connectivity index (χ4v) is 3.90. The number of halogens is 2. The maximum atomic E-state index is 11.8. The minimum absolute atomic E-state index is 0.0332. The maximum Gasteiger partial charge on any atom is 0.323 e. The Labute approximate surface area is 153 Å². The molecule has 1 unspecified atom stereocenters. The van der Waals surface area contributed by atoms with Crippen molar-refractivity contribution in [3.63, 3.8) is 0 Å². The van der Waals surface area contributed by atoms with Crippen LogP contribution in [0.3, 0.4) is 0 Å². The molecule has 3 N–H and O–H groups in total. The highest BCUT2D eigenvalue weighted by Gasteiger charge is 2.43. The van der Waals surface area contributed by atoms with Crippen LogP contribution in [0.2, 0.25) is 16.4 Å². The molecule has 2 heterocycles. The van der Waals surface area contributed by atoms with E-state index in [4.69, 9.17) is 28.9 Å². The number of hydrogen-bond acceptors (Lipinski definition) is 4. The fraction of sp³-hybridized carbons (Fsp3) is 0.625. The lowest BCUT2D eigenvalue weighted by atomic mass is 9.75. The standard InChI is InChI=1S/C16H24BCl2N3O2/c17-6-2-1-5-16(20,15(23)24)11-3-7-22(8-4-11)14-13(19)9-12(18)10-21-14/h9-11H,1-8,17,20H2,(H,23,24). The Bertz CT molecular complexity index is 582. The number of aliphatic carboxylic acids is 1.